The number of hydrogen-bond acceptors (Lipinski definition) is 4. The third-order valence-electron chi connectivity index (χ3n) is 5.91. The lowest BCUT2D eigenvalue weighted by molar-refractivity contribution is -0.140. The van der Waals surface area contributed by atoms with E-state index in [-0.39, 0.29) is 23.0 Å². The summed E-state index contributed by atoms with van der Waals surface area (Å²) in [6, 6.07) is 18.6. The van der Waals surface area contributed by atoms with Gasteiger partial charge in [0, 0.05) is 22.1 Å². The van der Waals surface area contributed by atoms with E-state index in [4.69, 9.17) is 23.2 Å². The number of sulfonamides is 1. The molecule has 1 N–H and O–H groups in total. The molecule has 0 aliphatic carbocycles. The van der Waals surface area contributed by atoms with Crippen LogP contribution in [0.2, 0.25) is 10.0 Å². The molecule has 3 rings (SSSR count). The van der Waals surface area contributed by atoms with Gasteiger partial charge in [-0.1, -0.05) is 53.0 Å². The second-order valence-electron chi connectivity index (χ2n) is 10.4. The fraction of sp³-hybridized carbons (Fsp3) is 0.310. The van der Waals surface area contributed by atoms with Gasteiger partial charge in [0.25, 0.3) is 10.0 Å². The highest BCUT2D eigenvalue weighted by Gasteiger charge is 2.33. The number of anilines is 1. The van der Waals surface area contributed by atoms with Crippen LogP contribution in [0.5, 0.6) is 0 Å². The second-order valence-corrected chi connectivity index (χ2v) is 13.1. The predicted octanol–water partition coefficient (Wildman–Crippen LogP) is 5.83. The second kappa shape index (κ2) is 12.4. The SMILES string of the molecule is Cc1ccc(S(=O)(=O)N(CC(=O)N(Cc2cccc(Cl)c2)[C@H](C)C(=O)NC(C)(C)C)c2ccc(Cl)cc2)cc1. The summed E-state index contributed by atoms with van der Waals surface area (Å²) in [6.07, 6.45) is 0. The molecule has 208 valence electrons. The quantitative estimate of drug-likeness (QED) is 0.340. The summed E-state index contributed by atoms with van der Waals surface area (Å²) in [5.41, 5.74) is 1.34. The Morgan fingerprint density at radius 3 is 2.10 bits per heavy atom. The minimum Gasteiger partial charge on any atom is -0.350 e. The minimum absolute atomic E-state index is 0.0377. The van der Waals surface area contributed by atoms with E-state index in [0.29, 0.717) is 15.6 Å². The molecule has 39 heavy (non-hydrogen) atoms. The Morgan fingerprint density at radius 1 is 0.923 bits per heavy atom. The zero-order chi connectivity index (χ0) is 29.0. The van der Waals surface area contributed by atoms with E-state index in [9.17, 15) is 18.0 Å². The first kappa shape index (κ1) is 30.5. The number of nitrogens with zero attached hydrogens (tertiary/aromatic N) is 2. The number of amides is 2. The van der Waals surface area contributed by atoms with Crippen LogP contribution in [0.15, 0.2) is 77.7 Å². The number of carbonyl (C=O) groups excluding carboxylic acids is 2. The number of carbonyl (C=O) groups is 2. The van der Waals surface area contributed by atoms with Crippen LogP contribution in [0.1, 0.15) is 38.8 Å². The number of halogens is 2. The van der Waals surface area contributed by atoms with Gasteiger partial charge in [-0.2, -0.15) is 0 Å². The molecular formula is C29H33Cl2N3O4S. The molecule has 2 amide bonds. The van der Waals surface area contributed by atoms with Crippen LogP contribution in [-0.2, 0) is 26.2 Å². The summed E-state index contributed by atoms with van der Waals surface area (Å²) in [7, 11) is -4.15. The van der Waals surface area contributed by atoms with E-state index in [0.717, 1.165) is 9.87 Å². The van der Waals surface area contributed by atoms with Gasteiger partial charge in [-0.05, 0) is 88.7 Å². The molecule has 0 saturated heterocycles. The van der Waals surface area contributed by atoms with Gasteiger partial charge in [-0.15, -0.1) is 0 Å². The fourth-order valence-corrected chi connectivity index (χ4v) is 5.62. The molecule has 0 bridgehead atoms. The van der Waals surface area contributed by atoms with E-state index in [1.54, 1.807) is 67.6 Å². The standard InChI is InChI=1S/C29H33Cl2N3O4S/c1-20-9-15-26(16-10-20)39(37,38)34(25-13-11-23(30)12-14-25)19-27(35)33(18-22-7-6-8-24(31)17-22)21(2)28(36)32-29(3,4)5/h6-17,21H,18-19H2,1-5H3,(H,32,36)/t21-/m1/s1. The van der Waals surface area contributed by atoms with Crippen molar-refractivity contribution in [3.63, 3.8) is 0 Å². The maximum absolute atomic E-state index is 13.9. The van der Waals surface area contributed by atoms with E-state index in [1.165, 1.54) is 17.0 Å². The van der Waals surface area contributed by atoms with Crippen molar-refractivity contribution in [2.75, 3.05) is 10.8 Å². The third-order valence-corrected chi connectivity index (χ3v) is 8.19. The molecule has 0 fully saturated rings. The molecule has 0 unspecified atom stereocenters. The van der Waals surface area contributed by atoms with Crippen LogP contribution in [0, 0.1) is 6.92 Å². The Morgan fingerprint density at radius 2 is 1.54 bits per heavy atom. The van der Waals surface area contributed by atoms with E-state index >= 15 is 0 Å². The summed E-state index contributed by atoms with van der Waals surface area (Å²) in [4.78, 5) is 28.4. The number of nitrogens with one attached hydrogen (secondary N) is 1. The lowest BCUT2D eigenvalue weighted by Crippen LogP contribution is -2.54. The highest BCUT2D eigenvalue weighted by Crippen LogP contribution is 2.26. The van der Waals surface area contributed by atoms with Crippen LogP contribution >= 0.6 is 23.2 Å². The summed E-state index contributed by atoms with van der Waals surface area (Å²) in [5, 5.41) is 3.81. The predicted molar refractivity (Wildman–Crippen MR) is 157 cm³/mol. The number of aryl methyl sites for hydroxylation is 1. The first-order valence-corrected chi connectivity index (χ1v) is 14.6. The molecule has 1 atom stereocenters. The van der Waals surface area contributed by atoms with Crippen LogP contribution < -0.4 is 9.62 Å². The first-order chi connectivity index (χ1) is 18.2. The summed E-state index contributed by atoms with van der Waals surface area (Å²) in [6.45, 7) is 8.52. The highest BCUT2D eigenvalue weighted by atomic mass is 35.5. The van der Waals surface area contributed by atoms with E-state index in [1.807, 2.05) is 27.7 Å². The van der Waals surface area contributed by atoms with Crippen molar-refractivity contribution >= 4 is 50.7 Å². The summed E-state index contributed by atoms with van der Waals surface area (Å²) in [5.74, 6) is -0.922. The first-order valence-electron chi connectivity index (χ1n) is 12.4. The number of rotatable bonds is 9. The maximum atomic E-state index is 13.9. The lowest BCUT2D eigenvalue weighted by atomic mass is 10.1. The van der Waals surface area contributed by atoms with Crippen molar-refractivity contribution in [2.24, 2.45) is 0 Å². The van der Waals surface area contributed by atoms with Crippen LogP contribution in [0.4, 0.5) is 5.69 Å². The minimum atomic E-state index is -4.15. The van der Waals surface area contributed by atoms with Gasteiger partial charge in [-0.25, -0.2) is 8.42 Å². The van der Waals surface area contributed by atoms with Crippen LogP contribution in [-0.4, -0.2) is 43.3 Å². The Labute approximate surface area is 240 Å². The zero-order valence-corrected chi connectivity index (χ0v) is 24.9. The topological polar surface area (TPSA) is 86.8 Å². The van der Waals surface area contributed by atoms with Crippen molar-refractivity contribution in [3.8, 4) is 0 Å². The van der Waals surface area contributed by atoms with Gasteiger partial charge in [-0.3, -0.25) is 13.9 Å². The average Bonchev–Trinajstić information content (AvgIpc) is 2.85. The maximum Gasteiger partial charge on any atom is 0.264 e. The van der Waals surface area contributed by atoms with Gasteiger partial charge < -0.3 is 10.2 Å². The van der Waals surface area contributed by atoms with Crippen molar-refractivity contribution < 1.29 is 18.0 Å². The van der Waals surface area contributed by atoms with Gasteiger partial charge in [0.15, 0.2) is 0 Å². The molecule has 7 nitrogen and oxygen atoms in total. The fourth-order valence-electron chi connectivity index (χ4n) is 3.86. The average molecular weight is 591 g/mol. The molecule has 0 heterocycles. The highest BCUT2D eigenvalue weighted by molar-refractivity contribution is 7.92. The molecule has 0 spiro atoms. The number of benzene rings is 3. The van der Waals surface area contributed by atoms with Crippen LogP contribution in [0.25, 0.3) is 0 Å². The Hall–Kier alpha value is -3.07. The van der Waals surface area contributed by atoms with Gasteiger partial charge >= 0.3 is 0 Å². The van der Waals surface area contributed by atoms with Crippen LogP contribution in [0.3, 0.4) is 0 Å². The Balaban J connectivity index is 2.03. The normalized spacial score (nSPS) is 12.5. The molecular weight excluding hydrogens is 557 g/mol. The largest absolute Gasteiger partial charge is 0.350 e. The monoisotopic (exact) mass is 589 g/mol. The van der Waals surface area contributed by atoms with Crippen molar-refractivity contribution in [2.45, 2.75) is 57.6 Å². The lowest BCUT2D eigenvalue weighted by Gasteiger charge is -2.33. The summed E-state index contributed by atoms with van der Waals surface area (Å²) >= 11 is 12.2. The van der Waals surface area contributed by atoms with Crippen molar-refractivity contribution in [1.29, 1.82) is 0 Å². The van der Waals surface area contributed by atoms with E-state index in [2.05, 4.69) is 5.32 Å². The number of hydrogen-bond donors (Lipinski definition) is 1. The molecule has 0 aliphatic heterocycles. The molecule has 3 aromatic carbocycles. The molecule has 0 aromatic heterocycles. The molecule has 0 aliphatic rings. The van der Waals surface area contributed by atoms with Gasteiger partial charge in [0.05, 0.1) is 10.6 Å². The Bertz CT molecular complexity index is 1420. The Kier molecular flexibility index (Phi) is 9.69. The molecule has 3 aromatic rings. The van der Waals surface area contributed by atoms with Gasteiger partial charge in [0.1, 0.15) is 12.6 Å². The molecule has 0 radical (unpaired) electrons. The third kappa shape index (κ3) is 8.21. The van der Waals surface area contributed by atoms with Crippen molar-refractivity contribution in [3.05, 3.63) is 94.0 Å². The molecule has 10 heteroatoms. The smallest absolute Gasteiger partial charge is 0.264 e. The summed E-state index contributed by atoms with van der Waals surface area (Å²) < 4.78 is 28.7. The zero-order valence-electron chi connectivity index (χ0n) is 22.6. The van der Waals surface area contributed by atoms with Gasteiger partial charge in [0.2, 0.25) is 11.8 Å². The van der Waals surface area contributed by atoms with E-state index < -0.39 is 34.1 Å². The molecule has 0 saturated carbocycles. The van der Waals surface area contributed by atoms with Crippen molar-refractivity contribution in [1.82, 2.24) is 10.2 Å².